The molecular formula is C15H18ClNO2. The van der Waals surface area contributed by atoms with Crippen molar-refractivity contribution in [3.05, 3.63) is 52.4 Å². The van der Waals surface area contributed by atoms with Crippen molar-refractivity contribution in [1.29, 1.82) is 0 Å². The summed E-state index contributed by atoms with van der Waals surface area (Å²) in [7, 11) is 0. The van der Waals surface area contributed by atoms with E-state index in [2.05, 4.69) is 11.4 Å². The average Bonchev–Trinajstić information content (AvgIpc) is 2.84. The van der Waals surface area contributed by atoms with Crippen molar-refractivity contribution in [2.24, 2.45) is 0 Å². The summed E-state index contributed by atoms with van der Waals surface area (Å²) >= 11 is 6.17. The first-order chi connectivity index (χ1) is 9.16. The van der Waals surface area contributed by atoms with E-state index < -0.39 is 0 Å². The van der Waals surface area contributed by atoms with Gasteiger partial charge in [0.05, 0.1) is 17.8 Å². The molecule has 0 saturated carbocycles. The molecule has 0 unspecified atom stereocenters. The van der Waals surface area contributed by atoms with Gasteiger partial charge in [-0.15, -0.1) is 0 Å². The first-order valence-corrected chi connectivity index (χ1v) is 6.67. The number of benzene rings is 1. The number of ether oxygens (including phenoxy) is 1. The number of nitrogens with one attached hydrogen (secondary N) is 1. The summed E-state index contributed by atoms with van der Waals surface area (Å²) in [4.78, 5) is 0. The maximum absolute atomic E-state index is 6.17. The minimum Gasteiger partial charge on any atom is -0.490 e. The van der Waals surface area contributed by atoms with Gasteiger partial charge >= 0.3 is 0 Å². The number of aryl methyl sites for hydroxylation is 2. The van der Waals surface area contributed by atoms with Crippen LogP contribution in [0.25, 0.3) is 0 Å². The molecule has 4 heteroatoms. The molecule has 1 heterocycles. The maximum atomic E-state index is 6.17. The molecule has 1 aromatic carbocycles. The Labute approximate surface area is 118 Å². The lowest BCUT2D eigenvalue weighted by atomic mass is 10.1. The molecule has 1 aromatic heterocycles. The Kier molecular flexibility index (Phi) is 4.88. The largest absolute Gasteiger partial charge is 0.490 e. The van der Waals surface area contributed by atoms with Gasteiger partial charge in [0.15, 0.2) is 0 Å². The van der Waals surface area contributed by atoms with Crippen LogP contribution in [0.5, 0.6) is 5.75 Å². The van der Waals surface area contributed by atoms with Crippen LogP contribution in [-0.4, -0.2) is 13.2 Å². The maximum Gasteiger partial charge on any atom is 0.140 e. The van der Waals surface area contributed by atoms with Crippen LogP contribution in [0.3, 0.4) is 0 Å². The van der Waals surface area contributed by atoms with Crippen LogP contribution >= 0.6 is 11.6 Å². The van der Waals surface area contributed by atoms with E-state index >= 15 is 0 Å². The molecular weight excluding hydrogens is 262 g/mol. The second-order valence-electron chi connectivity index (χ2n) is 4.50. The van der Waals surface area contributed by atoms with Crippen LogP contribution < -0.4 is 10.1 Å². The standard InChI is InChI=1S/C15H18ClNO2/c1-11-8-12(2)15(14(16)9-11)19-7-5-17-10-13-4-3-6-18-13/h3-4,6,8-9,17H,5,7,10H2,1-2H3. The third kappa shape index (κ3) is 4.01. The molecule has 0 aliphatic carbocycles. The molecule has 2 rings (SSSR count). The van der Waals surface area contributed by atoms with E-state index in [0.29, 0.717) is 18.2 Å². The van der Waals surface area contributed by atoms with Gasteiger partial charge in [-0.3, -0.25) is 0 Å². The molecule has 0 saturated heterocycles. The summed E-state index contributed by atoms with van der Waals surface area (Å²) in [5, 5.41) is 3.92. The number of rotatable bonds is 6. The molecule has 0 bridgehead atoms. The van der Waals surface area contributed by atoms with Crippen LogP contribution in [0.1, 0.15) is 16.9 Å². The average molecular weight is 280 g/mol. The highest BCUT2D eigenvalue weighted by molar-refractivity contribution is 6.32. The highest BCUT2D eigenvalue weighted by Crippen LogP contribution is 2.29. The normalized spacial score (nSPS) is 10.7. The lowest BCUT2D eigenvalue weighted by molar-refractivity contribution is 0.309. The van der Waals surface area contributed by atoms with Gasteiger partial charge in [-0.1, -0.05) is 17.7 Å². The molecule has 19 heavy (non-hydrogen) atoms. The lowest BCUT2D eigenvalue weighted by Gasteiger charge is -2.12. The lowest BCUT2D eigenvalue weighted by Crippen LogP contribution is -2.20. The van der Waals surface area contributed by atoms with Crippen LogP contribution in [0.4, 0.5) is 0 Å². The quantitative estimate of drug-likeness (QED) is 0.819. The summed E-state index contributed by atoms with van der Waals surface area (Å²) in [5.41, 5.74) is 2.21. The van der Waals surface area contributed by atoms with Crippen LogP contribution in [0, 0.1) is 13.8 Å². The molecule has 102 valence electrons. The van der Waals surface area contributed by atoms with Crippen molar-refractivity contribution in [3.63, 3.8) is 0 Å². The van der Waals surface area contributed by atoms with Crippen molar-refractivity contribution in [2.75, 3.05) is 13.2 Å². The summed E-state index contributed by atoms with van der Waals surface area (Å²) in [6.07, 6.45) is 1.67. The van der Waals surface area contributed by atoms with E-state index in [0.717, 1.165) is 29.2 Å². The van der Waals surface area contributed by atoms with Gasteiger partial charge in [-0.2, -0.15) is 0 Å². The van der Waals surface area contributed by atoms with Gasteiger partial charge in [0.2, 0.25) is 0 Å². The Morgan fingerprint density at radius 3 is 2.84 bits per heavy atom. The van der Waals surface area contributed by atoms with Gasteiger partial charge in [-0.25, -0.2) is 0 Å². The second kappa shape index (κ2) is 6.64. The SMILES string of the molecule is Cc1cc(C)c(OCCNCc2ccco2)c(Cl)c1. The number of furan rings is 1. The topological polar surface area (TPSA) is 34.4 Å². The predicted octanol–water partition coefficient (Wildman–Crippen LogP) is 3.72. The fraction of sp³-hybridized carbons (Fsp3) is 0.333. The summed E-state index contributed by atoms with van der Waals surface area (Å²) in [5.74, 6) is 1.69. The van der Waals surface area contributed by atoms with Crippen molar-refractivity contribution in [1.82, 2.24) is 5.32 Å². The van der Waals surface area contributed by atoms with E-state index in [1.165, 1.54) is 0 Å². The third-order valence-corrected chi connectivity index (χ3v) is 3.06. The summed E-state index contributed by atoms with van der Waals surface area (Å²) in [6.45, 7) is 6.05. The van der Waals surface area contributed by atoms with Crippen LogP contribution in [-0.2, 0) is 6.54 Å². The third-order valence-electron chi connectivity index (χ3n) is 2.78. The van der Waals surface area contributed by atoms with Gasteiger partial charge in [0, 0.05) is 6.54 Å². The van der Waals surface area contributed by atoms with Crippen LogP contribution in [0.15, 0.2) is 34.9 Å². The molecule has 3 nitrogen and oxygen atoms in total. The van der Waals surface area contributed by atoms with Gasteiger partial charge in [0.25, 0.3) is 0 Å². The zero-order valence-corrected chi connectivity index (χ0v) is 12.0. The molecule has 0 aliphatic heterocycles. The van der Waals surface area contributed by atoms with Gasteiger partial charge in [-0.05, 0) is 43.2 Å². The van der Waals surface area contributed by atoms with E-state index in [4.69, 9.17) is 20.8 Å². The van der Waals surface area contributed by atoms with Crippen LogP contribution in [0.2, 0.25) is 5.02 Å². The van der Waals surface area contributed by atoms with E-state index in [-0.39, 0.29) is 0 Å². The first kappa shape index (κ1) is 14.0. The molecule has 0 radical (unpaired) electrons. The smallest absolute Gasteiger partial charge is 0.140 e. The van der Waals surface area contributed by atoms with E-state index in [1.54, 1.807) is 6.26 Å². The Balaban J connectivity index is 1.77. The minimum atomic E-state index is 0.574. The Morgan fingerprint density at radius 2 is 2.16 bits per heavy atom. The summed E-state index contributed by atoms with van der Waals surface area (Å²) in [6, 6.07) is 7.80. The molecule has 0 atom stereocenters. The zero-order chi connectivity index (χ0) is 13.7. The monoisotopic (exact) mass is 279 g/mol. The Morgan fingerprint density at radius 1 is 1.32 bits per heavy atom. The highest BCUT2D eigenvalue weighted by Gasteiger charge is 2.06. The first-order valence-electron chi connectivity index (χ1n) is 6.29. The molecule has 0 spiro atoms. The second-order valence-corrected chi connectivity index (χ2v) is 4.90. The number of hydrogen-bond donors (Lipinski definition) is 1. The predicted molar refractivity (Wildman–Crippen MR) is 76.8 cm³/mol. The van der Waals surface area contributed by atoms with E-state index in [9.17, 15) is 0 Å². The summed E-state index contributed by atoms with van der Waals surface area (Å²) < 4.78 is 10.9. The van der Waals surface area contributed by atoms with E-state index in [1.807, 2.05) is 32.0 Å². The van der Waals surface area contributed by atoms with Gasteiger partial charge < -0.3 is 14.5 Å². The molecule has 2 aromatic rings. The molecule has 0 fully saturated rings. The molecule has 0 amide bonds. The number of halogens is 1. The fourth-order valence-electron chi connectivity index (χ4n) is 1.94. The number of hydrogen-bond acceptors (Lipinski definition) is 3. The Hall–Kier alpha value is -1.45. The molecule has 0 aliphatic rings. The van der Waals surface area contributed by atoms with Gasteiger partial charge in [0.1, 0.15) is 18.1 Å². The van der Waals surface area contributed by atoms with Crippen molar-refractivity contribution >= 4 is 11.6 Å². The molecule has 1 N–H and O–H groups in total. The zero-order valence-electron chi connectivity index (χ0n) is 11.2. The van der Waals surface area contributed by atoms with Crippen molar-refractivity contribution < 1.29 is 9.15 Å². The Bertz CT molecular complexity index is 500. The van der Waals surface area contributed by atoms with Crippen molar-refractivity contribution in [2.45, 2.75) is 20.4 Å². The fourth-order valence-corrected chi connectivity index (χ4v) is 2.31. The highest BCUT2D eigenvalue weighted by atomic mass is 35.5. The minimum absolute atomic E-state index is 0.574. The van der Waals surface area contributed by atoms with Crippen molar-refractivity contribution in [3.8, 4) is 5.75 Å².